The van der Waals surface area contributed by atoms with E-state index in [9.17, 15) is 18.0 Å². The lowest BCUT2D eigenvalue weighted by atomic mass is 10.0. The molecule has 0 saturated carbocycles. The molecule has 0 fully saturated rings. The Kier molecular flexibility index (Phi) is 13.0. The zero-order valence-corrected chi connectivity index (χ0v) is 32.2. The van der Waals surface area contributed by atoms with E-state index in [1.54, 1.807) is 12.1 Å². The summed E-state index contributed by atoms with van der Waals surface area (Å²) in [5.41, 5.74) is 0.990. The Balaban J connectivity index is 1.91. The summed E-state index contributed by atoms with van der Waals surface area (Å²) in [6.45, 7) is 4.89. The largest absolute Gasteiger partial charge is 0.497 e. The lowest BCUT2D eigenvalue weighted by Crippen LogP contribution is -2.56. The van der Waals surface area contributed by atoms with Crippen LogP contribution in [0.5, 0.6) is 23.0 Å². The highest BCUT2D eigenvalue weighted by Crippen LogP contribution is 2.38. The van der Waals surface area contributed by atoms with E-state index in [1.807, 2.05) is 75.4 Å². The minimum atomic E-state index is -4.50. The molecule has 0 aliphatic heterocycles. The van der Waals surface area contributed by atoms with Crippen LogP contribution >= 0.6 is 15.9 Å². The van der Waals surface area contributed by atoms with Crippen molar-refractivity contribution in [1.29, 1.82) is 0 Å². The zero-order valence-electron chi connectivity index (χ0n) is 29.8. The van der Waals surface area contributed by atoms with Crippen LogP contribution in [0.4, 0.5) is 5.69 Å². The van der Waals surface area contributed by atoms with Gasteiger partial charge in [-0.05, 0) is 68.3 Å². The van der Waals surface area contributed by atoms with Crippen molar-refractivity contribution in [3.05, 3.63) is 107 Å². The third kappa shape index (κ3) is 9.95. The van der Waals surface area contributed by atoms with Crippen LogP contribution in [0.25, 0.3) is 0 Å². The molecule has 0 spiro atoms. The number of rotatable bonds is 15. The molecule has 1 N–H and O–H groups in total. The van der Waals surface area contributed by atoms with Gasteiger partial charge in [0.15, 0.2) is 11.5 Å². The minimum Gasteiger partial charge on any atom is -0.497 e. The minimum absolute atomic E-state index is 0.00677. The molecule has 4 rings (SSSR count). The predicted octanol–water partition coefficient (Wildman–Crippen LogP) is 6.23. The number of ether oxygens (including phenoxy) is 4. The Morgan fingerprint density at radius 3 is 2.02 bits per heavy atom. The molecular formula is C38H44BrN3O8S. The summed E-state index contributed by atoms with van der Waals surface area (Å²) in [6.07, 6.45) is 0.174. The van der Waals surface area contributed by atoms with Gasteiger partial charge in [-0.2, -0.15) is 0 Å². The van der Waals surface area contributed by atoms with Gasteiger partial charge in [0.2, 0.25) is 11.8 Å². The Morgan fingerprint density at radius 2 is 1.41 bits per heavy atom. The number of carbonyl (C=O) groups excluding carboxylic acids is 2. The number of sulfonamides is 1. The van der Waals surface area contributed by atoms with E-state index in [-0.39, 0.29) is 41.0 Å². The van der Waals surface area contributed by atoms with Crippen LogP contribution in [0.15, 0.2) is 100 Å². The second-order valence-electron chi connectivity index (χ2n) is 12.7. The second-order valence-corrected chi connectivity index (χ2v) is 15.4. The number of benzene rings is 4. The van der Waals surface area contributed by atoms with Crippen molar-refractivity contribution in [2.75, 3.05) is 39.3 Å². The monoisotopic (exact) mass is 781 g/mol. The van der Waals surface area contributed by atoms with Crippen LogP contribution in [0.2, 0.25) is 0 Å². The van der Waals surface area contributed by atoms with Crippen LogP contribution in [-0.2, 0) is 32.6 Å². The highest BCUT2D eigenvalue weighted by Gasteiger charge is 2.37. The maximum Gasteiger partial charge on any atom is 0.265 e. The molecule has 272 valence electrons. The van der Waals surface area contributed by atoms with Gasteiger partial charge < -0.3 is 29.2 Å². The van der Waals surface area contributed by atoms with E-state index >= 15 is 0 Å². The van der Waals surface area contributed by atoms with E-state index < -0.39 is 34.1 Å². The molecule has 4 aromatic rings. The molecule has 1 atom stereocenters. The van der Waals surface area contributed by atoms with Crippen molar-refractivity contribution in [2.24, 2.45) is 0 Å². The van der Waals surface area contributed by atoms with Crippen LogP contribution in [0.1, 0.15) is 31.9 Å². The third-order valence-corrected chi connectivity index (χ3v) is 10.1. The summed E-state index contributed by atoms with van der Waals surface area (Å²) in [6, 6.07) is 24.6. The van der Waals surface area contributed by atoms with Crippen molar-refractivity contribution >= 4 is 43.5 Å². The molecule has 11 nitrogen and oxygen atoms in total. The fourth-order valence-electron chi connectivity index (χ4n) is 5.45. The van der Waals surface area contributed by atoms with Crippen LogP contribution < -0.4 is 28.6 Å². The number of halogens is 1. The maximum absolute atomic E-state index is 14.9. The molecule has 13 heteroatoms. The fraction of sp³-hybridized carbons (Fsp3) is 0.316. The molecule has 0 saturated heterocycles. The van der Waals surface area contributed by atoms with Crippen molar-refractivity contribution < 1.29 is 37.0 Å². The molecule has 0 heterocycles. The van der Waals surface area contributed by atoms with Gasteiger partial charge in [0.25, 0.3) is 10.0 Å². The van der Waals surface area contributed by atoms with Crippen molar-refractivity contribution in [3.63, 3.8) is 0 Å². The summed E-state index contributed by atoms with van der Waals surface area (Å²) in [5.74, 6) is 0.00461. The van der Waals surface area contributed by atoms with E-state index in [0.29, 0.717) is 11.5 Å². The molecule has 0 unspecified atom stereocenters. The fourth-order valence-corrected chi connectivity index (χ4v) is 7.33. The van der Waals surface area contributed by atoms with Gasteiger partial charge >= 0.3 is 0 Å². The Labute approximate surface area is 308 Å². The van der Waals surface area contributed by atoms with Gasteiger partial charge in [0, 0.05) is 35.1 Å². The lowest BCUT2D eigenvalue weighted by Gasteiger charge is -2.35. The molecule has 0 bridgehead atoms. The smallest absolute Gasteiger partial charge is 0.265 e. The summed E-state index contributed by atoms with van der Waals surface area (Å²) in [7, 11) is 1.19. The number of nitrogens with one attached hydrogen (secondary N) is 1. The maximum atomic E-state index is 14.9. The van der Waals surface area contributed by atoms with Crippen LogP contribution in [0.3, 0.4) is 0 Å². The SMILES string of the molecule is COc1ccc(OC)c(N(CC(=O)N(Cc2cccc(Br)c2)[C@H](Cc2ccccc2)C(=O)NC(C)(C)C)S(=O)(=O)c2ccc(OC)c(OC)c2)c1. The first-order valence-corrected chi connectivity index (χ1v) is 18.3. The summed E-state index contributed by atoms with van der Waals surface area (Å²) in [5, 5.41) is 3.03. The number of methoxy groups -OCH3 is 4. The van der Waals surface area contributed by atoms with E-state index in [2.05, 4.69) is 21.2 Å². The molecule has 2 amide bonds. The molecule has 0 aliphatic rings. The van der Waals surface area contributed by atoms with Gasteiger partial charge in [-0.25, -0.2) is 8.42 Å². The van der Waals surface area contributed by atoms with E-state index in [1.165, 1.54) is 57.6 Å². The molecule has 51 heavy (non-hydrogen) atoms. The van der Waals surface area contributed by atoms with Crippen molar-refractivity contribution in [2.45, 2.75) is 50.2 Å². The normalized spacial score (nSPS) is 12.0. The molecule has 0 aromatic heterocycles. The topological polar surface area (TPSA) is 124 Å². The molecule has 4 aromatic carbocycles. The number of carbonyl (C=O) groups is 2. The number of anilines is 1. The third-order valence-electron chi connectivity index (χ3n) is 7.89. The Bertz CT molecular complexity index is 1930. The number of nitrogens with zero attached hydrogens (tertiary/aromatic N) is 2. The average Bonchev–Trinajstić information content (AvgIpc) is 3.10. The second kappa shape index (κ2) is 17.0. The van der Waals surface area contributed by atoms with Crippen molar-refractivity contribution in [3.8, 4) is 23.0 Å². The molecule has 0 aliphatic carbocycles. The number of hydrogen-bond acceptors (Lipinski definition) is 8. The summed E-state index contributed by atoms with van der Waals surface area (Å²) >= 11 is 3.51. The molecule has 0 radical (unpaired) electrons. The number of hydrogen-bond donors (Lipinski definition) is 1. The first-order valence-electron chi connectivity index (χ1n) is 16.1. The van der Waals surface area contributed by atoms with Gasteiger partial charge in [0.05, 0.1) is 39.0 Å². The standard InChI is InChI=1S/C38H44BrN3O8S/c1-38(2,3)40-37(44)32(21-26-12-9-8-10-13-26)41(24-27-14-11-15-28(39)20-27)36(43)25-42(31-22-29(47-4)16-18-33(31)48-5)51(45,46)30-17-19-34(49-6)35(23-30)50-7/h8-20,22-23,32H,21,24-25H2,1-7H3,(H,40,44)/t32-/m1/s1. The molecular weight excluding hydrogens is 738 g/mol. The van der Waals surface area contributed by atoms with E-state index in [0.717, 1.165) is 19.9 Å². The Hall–Kier alpha value is -4.75. The van der Waals surface area contributed by atoms with Gasteiger partial charge in [-0.3, -0.25) is 13.9 Å². The Morgan fingerprint density at radius 1 is 0.765 bits per heavy atom. The first kappa shape index (κ1) is 39.0. The lowest BCUT2D eigenvalue weighted by molar-refractivity contribution is -0.140. The predicted molar refractivity (Wildman–Crippen MR) is 200 cm³/mol. The highest BCUT2D eigenvalue weighted by molar-refractivity contribution is 9.10. The summed E-state index contributed by atoms with van der Waals surface area (Å²) < 4.78 is 52.9. The van der Waals surface area contributed by atoms with Gasteiger partial charge in [-0.1, -0.05) is 58.4 Å². The number of amides is 2. The van der Waals surface area contributed by atoms with Gasteiger partial charge in [-0.15, -0.1) is 0 Å². The average molecular weight is 783 g/mol. The summed E-state index contributed by atoms with van der Waals surface area (Å²) in [4.78, 5) is 30.3. The van der Waals surface area contributed by atoms with Crippen molar-refractivity contribution in [1.82, 2.24) is 10.2 Å². The van der Waals surface area contributed by atoms with Crippen LogP contribution in [0, 0.1) is 0 Å². The van der Waals surface area contributed by atoms with E-state index in [4.69, 9.17) is 18.9 Å². The van der Waals surface area contributed by atoms with Crippen LogP contribution in [-0.4, -0.2) is 71.7 Å². The highest BCUT2D eigenvalue weighted by atomic mass is 79.9. The first-order chi connectivity index (χ1) is 24.2. The van der Waals surface area contributed by atoms with Gasteiger partial charge in [0.1, 0.15) is 24.1 Å². The quantitative estimate of drug-likeness (QED) is 0.151. The zero-order chi connectivity index (χ0) is 37.3.